The van der Waals surface area contributed by atoms with Gasteiger partial charge < -0.3 is 34.6 Å². The number of aryl methyl sites for hydroxylation is 1. The summed E-state index contributed by atoms with van der Waals surface area (Å²) in [5.41, 5.74) is 0.508. The lowest BCUT2D eigenvalue weighted by Gasteiger charge is -2.34. The Kier molecular flexibility index (Phi) is 8.82. The van der Waals surface area contributed by atoms with Gasteiger partial charge in [-0.2, -0.15) is 0 Å². The van der Waals surface area contributed by atoms with Gasteiger partial charge in [0.25, 0.3) is 0 Å². The molecule has 0 aromatic heterocycles. The molecule has 1 aromatic rings. The molecule has 0 amide bonds. The minimum atomic E-state index is -4.20. The molecule has 1 aromatic carbocycles. The molecule has 11 nitrogen and oxygen atoms in total. The lowest BCUT2D eigenvalue weighted by Crippen LogP contribution is -2.45. The van der Waals surface area contributed by atoms with E-state index in [-0.39, 0.29) is 35.7 Å². The zero-order chi connectivity index (χ0) is 26.0. The Bertz CT molecular complexity index is 1020. The van der Waals surface area contributed by atoms with Gasteiger partial charge in [-0.1, -0.05) is 23.7 Å². The number of aliphatic hydroxyl groups excluding tert-OH is 4. The third kappa shape index (κ3) is 5.81. The lowest BCUT2D eigenvalue weighted by molar-refractivity contribution is -0.164. The molecule has 2 aliphatic rings. The molecule has 1 saturated heterocycles. The first kappa shape index (κ1) is 27.8. The van der Waals surface area contributed by atoms with E-state index in [9.17, 15) is 33.6 Å². The van der Waals surface area contributed by atoms with E-state index in [0.717, 1.165) is 0 Å². The van der Waals surface area contributed by atoms with Gasteiger partial charge in [-0.05, 0) is 38.0 Å². The molecular formula is C22H30ClNO10S. The fourth-order valence-corrected chi connectivity index (χ4v) is 6.15. The Hall–Kier alpha value is -1.77. The van der Waals surface area contributed by atoms with Crippen molar-refractivity contribution in [3.8, 4) is 0 Å². The third-order valence-electron chi connectivity index (χ3n) is 5.96. The molecule has 1 heterocycles. The predicted molar refractivity (Wildman–Crippen MR) is 125 cm³/mol. The largest absolute Gasteiger partial charge is 0.463 e. The molecular weight excluding hydrogens is 506 g/mol. The van der Waals surface area contributed by atoms with Gasteiger partial charge in [0.05, 0.1) is 36.1 Å². The van der Waals surface area contributed by atoms with Crippen molar-refractivity contribution in [1.82, 2.24) is 0 Å². The number of rotatable bonds is 9. The number of hydrogen-bond donors (Lipinski definition) is 5. The predicted octanol–water partition coefficient (Wildman–Crippen LogP) is 0.229. The molecule has 5 unspecified atom stereocenters. The summed E-state index contributed by atoms with van der Waals surface area (Å²) < 4.78 is 46.0. The maximum absolute atomic E-state index is 13.4. The SMILES string of the molecule is CCOC(=O)C1=CC2(CCC1S(=O)(=O)Nc1c(C)cccc1Cl)OC(C(O)CO)C(C(O)CO)O2. The summed E-state index contributed by atoms with van der Waals surface area (Å²) >= 11 is 6.18. The van der Waals surface area contributed by atoms with Crippen molar-refractivity contribution in [2.24, 2.45) is 0 Å². The van der Waals surface area contributed by atoms with E-state index in [1.807, 2.05) is 0 Å². The Morgan fingerprint density at radius 3 is 2.34 bits per heavy atom. The molecule has 1 aliphatic heterocycles. The minimum absolute atomic E-state index is 0.0214. The van der Waals surface area contributed by atoms with Crippen LogP contribution in [0.1, 0.15) is 25.3 Å². The van der Waals surface area contributed by atoms with Gasteiger partial charge in [-0.3, -0.25) is 4.72 Å². The van der Waals surface area contributed by atoms with Crippen LogP contribution in [0.25, 0.3) is 0 Å². The highest BCUT2D eigenvalue weighted by Crippen LogP contribution is 2.43. The molecule has 5 atom stereocenters. The van der Waals surface area contributed by atoms with Crippen LogP contribution in [-0.2, 0) is 29.0 Å². The second-order valence-electron chi connectivity index (χ2n) is 8.40. The molecule has 1 spiro atoms. The fourth-order valence-electron chi connectivity index (χ4n) is 4.20. The second-order valence-corrected chi connectivity index (χ2v) is 10.7. The van der Waals surface area contributed by atoms with E-state index < -0.39 is 64.7 Å². The first-order valence-electron chi connectivity index (χ1n) is 11.1. The van der Waals surface area contributed by atoms with Crippen LogP contribution in [0.2, 0.25) is 5.02 Å². The highest BCUT2D eigenvalue weighted by molar-refractivity contribution is 7.93. The maximum atomic E-state index is 13.4. The van der Waals surface area contributed by atoms with Crippen LogP contribution in [0.3, 0.4) is 0 Å². The second kappa shape index (κ2) is 11.1. The molecule has 5 N–H and O–H groups in total. The molecule has 0 saturated carbocycles. The van der Waals surface area contributed by atoms with Crippen molar-refractivity contribution < 1.29 is 47.8 Å². The quantitative estimate of drug-likeness (QED) is 0.275. The third-order valence-corrected chi connectivity index (χ3v) is 8.00. The summed E-state index contributed by atoms with van der Waals surface area (Å²) in [6.45, 7) is 1.79. The Balaban J connectivity index is 2.00. The molecule has 35 heavy (non-hydrogen) atoms. The first-order chi connectivity index (χ1) is 16.5. The number of carbonyl (C=O) groups excluding carboxylic acids is 1. The molecule has 13 heteroatoms. The maximum Gasteiger partial charge on any atom is 0.335 e. The van der Waals surface area contributed by atoms with Crippen LogP contribution in [-0.4, -0.2) is 90.1 Å². The number of nitrogens with one attached hydrogen (secondary N) is 1. The standard InChI is InChI=1S/C22H30ClNO10S/c1-3-32-21(29)13-9-22(33-19(15(27)10-25)20(34-22)16(28)11-26)8-7-17(13)35(30,31)24-18-12(2)5-4-6-14(18)23/h4-6,9,15-17,19-20,24-28H,3,7-8,10-11H2,1-2H3. The minimum Gasteiger partial charge on any atom is -0.463 e. The zero-order valence-electron chi connectivity index (χ0n) is 19.3. The van der Waals surface area contributed by atoms with Gasteiger partial charge in [0.2, 0.25) is 10.0 Å². The fraction of sp³-hybridized carbons (Fsp3) is 0.591. The topological polar surface area (TPSA) is 172 Å². The monoisotopic (exact) mass is 535 g/mol. The van der Waals surface area contributed by atoms with Gasteiger partial charge in [0.1, 0.15) is 29.7 Å². The molecule has 0 radical (unpaired) electrons. The zero-order valence-corrected chi connectivity index (χ0v) is 20.8. The number of para-hydroxylation sites is 1. The highest BCUT2D eigenvalue weighted by Gasteiger charge is 2.55. The average molecular weight is 536 g/mol. The van der Waals surface area contributed by atoms with Crippen LogP contribution >= 0.6 is 11.6 Å². The Morgan fingerprint density at radius 1 is 1.23 bits per heavy atom. The Morgan fingerprint density at radius 2 is 1.83 bits per heavy atom. The van der Waals surface area contributed by atoms with Gasteiger partial charge in [-0.25, -0.2) is 13.2 Å². The normalized spacial score (nSPS) is 28.4. The number of anilines is 1. The summed E-state index contributed by atoms with van der Waals surface area (Å²) in [6.07, 6.45) is -4.49. The number of hydrogen-bond acceptors (Lipinski definition) is 10. The molecule has 1 fully saturated rings. The van der Waals surface area contributed by atoms with Gasteiger partial charge in [0, 0.05) is 6.42 Å². The van der Waals surface area contributed by atoms with Crippen LogP contribution in [0.4, 0.5) is 5.69 Å². The molecule has 0 bridgehead atoms. The number of ether oxygens (including phenoxy) is 3. The number of halogens is 1. The molecule has 196 valence electrons. The van der Waals surface area contributed by atoms with Crippen LogP contribution < -0.4 is 4.72 Å². The lowest BCUT2D eigenvalue weighted by atomic mass is 9.94. The number of sulfonamides is 1. The van der Waals surface area contributed by atoms with E-state index in [1.54, 1.807) is 26.0 Å². The highest BCUT2D eigenvalue weighted by atomic mass is 35.5. The van der Waals surface area contributed by atoms with Gasteiger partial charge >= 0.3 is 5.97 Å². The molecule has 3 rings (SSSR count). The number of benzene rings is 1. The summed E-state index contributed by atoms with van der Waals surface area (Å²) in [5, 5.41) is 37.9. The van der Waals surface area contributed by atoms with Crippen LogP contribution in [0.15, 0.2) is 29.8 Å². The molecule has 1 aliphatic carbocycles. The van der Waals surface area contributed by atoms with Gasteiger partial charge in [0.15, 0.2) is 5.79 Å². The first-order valence-corrected chi connectivity index (χ1v) is 13.0. The smallest absolute Gasteiger partial charge is 0.335 e. The number of esters is 1. The van der Waals surface area contributed by atoms with Crippen molar-refractivity contribution in [3.05, 3.63) is 40.4 Å². The van der Waals surface area contributed by atoms with Crippen molar-refractivity contribution in [2.45, 2.75) is 62.1 Å². The average Bonchev–Trinajstić information content (AvgIpc) is 3.19. The van der Waals surface area contributed by atoms with Crippen LogP contribution in [0, 0.1) is 6.92 Å². The van der Waals surface area contributed by atoms with E-state index in [4.69, 9.17) is 25.8 Å². The Labute approximate surface area is 208 Å². The van der Waals surface area contributed by atoms with E-state index in [1.165, 1.54) is 12.1 Å². The number of aliphatic hydroxyl groups is 4. The van der Waals surface area contributed by atoms with E-state index in [0.29, 0.717) is 5.56 Å². The summed E-state index contributed by atoms with van der Waals surface area (Å²) in [6, 6.07) is 4.89. The van der Waals surface area contributed by atoms with E-state index >= 15 is 0 Å². The van der Waals surface area contributed by atoms with Gasteiger partial charge in [-0.15, -0.1) is 0 Å². The van der Waals surface area contributed by atoms with Crippen molar-refractivity contribution in [3.63, 3.8) is 0 Å². The van der Waals surface area contributed by atoms with Crippen LogP contribution in [0.5, 0.6) is 0 Å². The summed E-state index contributed by atoms with van der Waals surface area (Å²) in [7, 11) is -4.20. The van der Waals surface area contributed by atoms with Crippen molar-refractivity contribution in [1.29, 1.82) is 0 Å². The summed E-state index contributed by atoms with van der Waals surface area (Å²) in [5.74, 6) is -2.61. The van der Waals surface area contributed by atoms with Crippen molar-refractivity contribution in [2.75, 3.05) is 24.5 Å². The summed E-state index contributed by atoms with van der Waals surface area (Å²) in [4.78, 5) is 12.8. The van der Waals surface area contributed by atoms with Crippen molar-refractivity contribution >= 4 is 33.3 Å². The van der Waals surface area contributed by atoms with E-state index in [2.05, 4.69) is 4.72 Å². The number of carbonyl (C=O) groups is 1.